The Balaban J connectivity index is 0.00000392. The van der Waals surface area contributed by atoms with Gasteiger partial charge in [-0.25, -0.2) is 0 Å². The van der Waals surface area contributed by atoms with Gasteiger partial charge in [0, 0.05) is 64.4 Å². The fourth-order valence-corrected chi connectivity index (χ4v) is 3.56. The lowest BCUT2D eigenvalue weighted by Crippen LogP contribution is -2.47. The third-order valence-corrected chi connectivity index (χ3v) is 5.32. The van der Waals surface area contributed by atoms with E-state index in [0.29, 0.717) is 5.92 Å². The molecule has 1 atom stereocenters. The van der Waals surface area contributed by atoms with Gasteiger partial charge in [-0.1, -0.05) is 37.6 Å². The van der Waals surface area contributed by atoms with Gasteiger partial charge in [-0.3, -0.25) is 4.99 Å². The van der Waals surface area contributed by atoms with Crippen molar-refractivity contribution in [2.24, 2.45) is 10.9 Å². The Hall–Kier alpha value is -0.570. The summed E-state index contributed by atoms with van der Waals surface area (Å²) in [6.07, 6.45) is 0. The van der Waals surface area contributed by atoms with Crippen molar-refractivity contribution in [2.45, 2.75) is 27.3 Å². The number of hydrogen-bond donors (Lipinski definition) is 1. The van der Waals surface area contributed by atoms with Gasteiger partial charge in [0.05, 0.1) is 0 Å². The normalized spacial score (nSPS) is 17.1. The Morgan fingerprint density at radius 2 is 1.75 bits per heavy atom. The highest BCUT2D eigenvalue weighted by Crippen LogP contribution is 2.11. The average molecular weight is 522 g/mol. The molecule has 1 aromatic carbocycles. The maximum absolute atomic E-state index is 5.98. The Morgan fingerprint density at radius 1 is 1.14 bits per heavy atom. The van der Waals surface area contributed by atoms with Gasteiger partial charge in [-0.15, -0.1) is 24.0 Å². The van der Waals surface area contributed by atoms with Crippen LogP contribution in [0.15, 0.2) is 29.3 Å². The van der Waals surface area contributed by atoms with Crippen LogP contribution in [0.5, 0.6) is 0 Å². The first-order valence-electron chi connectivity index (χ1n) is 10.2. The Labute approximate surface area is 193 Å². The molecule has 0 spiro atoms. The number of likely N-dealkylation sites (N-methyl/N-ethyl adjacent to an activating group) is 1. The van der Waals surface area contributed by atoms with Crippen LogP contribution in [0.1, 0.15) is 26.3 Å². The van der Waals surface area contributed by atoms with Gasteiger partial charge in [0.15, 0.2) is 5.96 Å². The van der Waals surface area contributed by atoms with Crippen LogP contribution in [0.25, 0.3) is 0 Å². The van der Waals surface area contributed by atoms with Crippen molar-refractivity contribution in [1.82, 2.24) is 20.0 Å². The first-order chi connectivity index (χ1) is 13.0. The summed E-state index contributed by atoms with van der Waals surface area (Å²) in [6.45, 7) is 16.2. The minimum absolute atomic E-state index is 0. The molecule has 1 unspecified atom stereocenters. The van der Waals surface area contributed by atoms with Crippen molar-refractivity contribution in [3.05, 3.63) is 34.9 Å². The van der Waals surface area contributed by atoms with Crippen molar-refractivity contribution in [3.8, 4) is 0 Å². The predicted octanol–water partition coefficient (Wildman–Crippen LogP) is 3.63. The number of halogens is 2. The molecule has 0 aromatic heterocycles. The number of nitrogens with zero attached hydrogens (tertiary/aromatic N) is 4. The highest BCUT2D eigenvalue weighted by molar-refractivity contribution is 14.0. The molecule has 160 valence electrons. The molecule has 0 saturated carbocycles. The van der Waals surface area contributed by atoms with Gasteiger partial charge in [0.2, 0.25) is 0 Å². The number of hydrogen-bond acceptors (Lipinski definition) is 3. The second kappa shape index (κ2) is 13.6. The monoisotopic (exact) mass is 521 g/mol. The first kappa shape index (κ1) is 25.5. The van der Waals surface area contributed by atoms with Crippen LogP contribution < -0.4 is 5.32 Å². The summed E-state index contributed by atoms with van der Waals surface area (Å²) in [4.78, 5) is 12.2. The number of benzene rings is 1. The van der Waals surface area contributed by atoms with Gasteiger partial charge < -0.3 is 20.0 Å². The van der Waals surface area contributed by atoms with Crippen molar-refractivity contribution < 1.29 is 0 Å². The molecular weight excluding hydrogens is 485 g/mol. The molecular formula is C21H37ClIN5. The van der Waals surface area contributed by atoms with E-state index in [1.165, 1.54) is 38.3 Å². The zero-order valence-corrected chi connectivity index (χ0v) is 20.9. The van der Waals surface area contributed by atoms with Crippen molar-refractivity contribution >= 4 is 41.5 Å². The van der Waals surface area contributed by atoms with Crippen LogP contribution in [0.4, 0.5) is 0 Å². The largest absolute Gasteiger partial charge is 0.357 e. The van der Waals surface area contributed by atoms with Crippen LogP contribution in [0.3, 0.4) is 0 Å². The number of aliphatic imine (C=N–C) groups is 1. The van der Waals surface area contributed by atoms with Crippen molar-refractivity contribution in [2.75, 3.05) is 59.4 Å². The van der Waals surface area contributed by atoms with Gasteiger partial charge in [0.25, 0.3) is 0 Å². The Morgan fingerprint density at radius 3 is 2.32 bits per heavy atom. The van der Waals surface area contributed by atoms with E-state index < -0.39 is 0 Å². The molecule has 1 fully saturated rings. The maximum atomic E-state index is 5.98. The SMILES string of the molecule is CCNC(=NCC(C)CN1CCN(CC)CC1)N(C)Cc1ccc(Cl)cc1.I. The zero-order chi connectivity index (χ0) is 19.6. The molecule has 1 heterocycles. The van der Waals surface area contributed by atoms with E-state index in [4.69, 9.17) is 16.6 Å². The van der Waals surface area contributed by atoms with Crippen molar-refractivity contribution in [3.63, 3.8) is 0 Å². The second-order valence-corrected chi connectivity index (χ2v) is 7.95. The molecule has 2 rings (SSSR count). The summed E-state index contributed by atoms with van der Waals surface area (Å²) in [5.41, 5.74) is 1.23. The summed E-state index contributed by atoms with van der Waals surface area (Å²) in [6, 6.07) is 8.02. The van der Waals surface area contributed by atoms with Gasteiger partial charge in [0.1, 0.15) is 0 Å². The minimum atomic E-state index is 0. The topological polar surface area (TPSA) is 34.1 Å². The van der Waals surface area contributed by atoms with Crippen LogP contribution >= 0.6 is 35.6 Å². The van der Waals surface area contributed by atoms with Crippen LogP contribution in [-0.2, 0) is 6.54 Å². The summed E-state index contributed by atoms with van der Waals surface area (Å²) in [7, 11) is 2.09. The summed E-state index contributed by atoms with van der Waals surface area (Å²) in [5.74, 6) is 1.52. The quantitative estimate of drug-likeness (QED) is 0.322. The molecule has 0 aliphatic carbocycles. The van der Waals surface area contributed by atoms with E-state index in [1.54, 1.807) is 0 Å². The second-order valence-electron chi connectivity index (χ2n) is 7.52. The molecule has 1 aromatic rings. The lowest BCUT2D eigenvalue weighted by Gasteiger charge is -2.35. The van der Waals surface area contributed by atoms with E-state index >= 15 is 0 Å². The van der Waals surface area contributed by atoms with Crippen LogP contribution in [0, 0.1) is 5.92 Å². The molecule has 1 N–H and O–H groups in total. The third kappa shape index (κ3) is 8.84. The lowest BCUT2D eigenvalue weighted by atomic mass is 10.1. The molecule has 1 aliphatic rings. The van der Waals surface area contributed by atoms with Crippen LogP contribution in [-0.4, -0.2) is 80.1 Å². The highest BCUT2D eigenvalue weighted by atomic mass is 127. The highest BCUT2D eigenvalue weighted by Gasteiger charge is 2.17. The fraction of sp³-hybridized carbons (Fsp3) is 0.667. The molecule has 5 nitrogen and oxygen atoms in total. The van der Waals surface area contributed by atoms with Crippen LogP contribution in [0.2, 0.25) is 5.02 Å². The molecule has 7 heteroatoms. The minimum Gasteiger partial charge on any atom is -0.357 e. The summed E-state index contributed by atoms with van der Waals surface area (Å²) < 4.78 is 0. The van der Waals surface area contributed by atoms with E-state index in [0.717, 1.165) is 37.2 Å². The van der Waals surface area contributed by atoms with E-state index in [9.17, 15) is 0 Å². The number of nitrogens with one attached hydrogen (secondary N) is 1. The van der Waals surface area contributed by atoms with E-state index in [-0.39, 0.29) is 24.0 Å². The predicted molar refractivity (Wildman–Crippen MR) is 132 cm³/mol. The van der Waals surface area contributed by atoms with E-state index in [2.05, 4.69) is 60.0 Å². The molecule has 28 heavy (non-hydrogen) atoms. The van der Waals surface area contributed by atoms with Gasteiger partial charge >= 0.3 is 0 Å². The first-order valence-corrected chi connectivity index (χ1v) is 10.6. The molecule has 1 saturated heterocycles. The van der Waals surface area contributed by atoms with Gasteiger partial charge in [-0.2, -0.15) is 0 Å². The number of rotatable bonds is 8. The zero-order valence-electron chi connectivity index (χ0n) is 17.8. The lowest BCUT2D eigenvalue weighted by molar-refractivity contribution is 0.125. The van der Waals surface area contributed by atoms with Gasteiger partial charge in [-0.05, 0) is 37.1 Å². The fourth-order valence-electron chi connectivity index (χ4n) is 3.44. The third-order valence-electron chi connectivity index (χ3n) is 5.06. The number of guanidine groups is 1. The smallest absolute Gasteiger partial charge is 0.193 e. The molecule has 1 aliphatic heterocycles. The standard InChI is InChI=1S/C21H36ClN5.HI/c1-5-23-21(25(4)17-19-7-9-20(22)10-8-19)24-15-18(3)16-27-13-11-26(6-2)12-14-27;/h7-10,18H,5-6,11-17H2,1-4H3,(H,23,24);1H. The Kier molecular flexibility index (Phi) is 12.4. The maximum Gasteiger partial charge on any atom is 0.193 e. The molecule has 0 radical (unpaired) electrons. The number of piperazine rings is 1. The van der Waals surface area contributed by atoms with E-state index in [1.807, 2.05) is 12.1 Å². The van der Waals surface area contributed by atoms with Crippen molar-refractivity contribution in [1.29, 1.82) is 0 Å². The average Bonchev–Trinajstić information content (AvgIpc) is 2.67. The summed E-state index contributed by atoms with van der Waals surface area (Å²) >= 11 is 5.98. The summed E-state index contributed by atoms with van der Waals surface area (Å²) in [5, 5.41) is 4.19. The molecule has 0 amide bonds. The Bertz CT molecular complexity index is 573. The molecule has 0 bridgehead atoms.